The number of nitrogens with zero attached hydrogens (tertiary/aromatic N) is 3. The number of rotatable bonds is 18. The molecule has 2 atom stereocenters. The standard InChI is InChI=1S/C40H52N8O6S.C6H12.C2H4O2/c1-41-38(26-11-5-4-6-12-26)39(50)42-19-9-7-13-35-44-24-30(47-35)28-15-17-31-34(22-28)55(52)33-18-16-27(21-32(33)54-31)29-23-43-36(46-29)14-8-10-20-48(2)37(49)25-45-40(51)53-3;1-2-4-6-5-3-1;1-4-2-3/h15-18,21-24,26,38,41H,4-14,19-20,25H2,1-3H3,(H,42,50)(H,43,46)(H,44,47)(H,45,51);1-6H2;2H,1H3/t38-,55?;;/m0../s1. The molecule has 0 spiro atoms. The van der Waals surface area contributed by atoms with Crippen LogP contribution in [0.3, 0.4) is 0 Å². The van der Waals surface area contributed by atoms with Crippen molar-refractivity contribution < 1.29 is 37.6 Å². The zero-order valence-electron chi connectivity index (χ0n) is 38.5. The molecular weight excluding hydrogens is 849 g/mol. The Morgan fingerprint density at radius 3 is 2.00 bits per heavy atom. The second-order valence-electron chi connectivity index (χ2n) is 16.7. The molecule has 1 unspecified atom stereocenters. The van der Waals surface area contributed by atoms with Crippen LogP contribution >= 0.6 is 0 Å². The number of imidazole rings is 2. The van der Waals surface area contributed by atoms with E-state index < -0.39 is 16.9 Å². The van der Waals surface area contributed by atoms with Gasteiger partial charge in [0.25, 0.3) is 6.47 Å². The van der Waals surface area contributed by atoms with Gasteiger partial charge in [-0.1, -0.05) is 63.9 Å². The number of hydrogen-bond donors (Lipinski definition) is 5. The van der Waals surface area contributed by atoms with Crippen LogP contribution in [0.25, 0.3) is 22.5 Å². The van der Waals surface area contributed by atoms with Gasteiger partial charge in [0.15, 0.2) is 0 Å². The number of aromatic amines is 2. The van der Waals surface area contributed by atoms with Crippen molar-refractivity contribution in [1.29, 1.82) is 0 Å². The Labute approximate surface area is 385 Å². The molecule has 2 aliphatic carbocycles. The minimum absolute atomic E-state index is 0.104. The van der Waals surface area contributed by atoms with Crippen LogP contribution in [0.4, 0.5) is 4.79 Å². The van der Waals surface area contributed by atoms with Gasteiger partial charge in [-0.05, 0) is 81.8 Å². The third-order valence-corrected chi connectivity index (χ3v) is 13.4. The van der Waals surface area contributed by atoms with E-state index in [4.69, 9.17) is 9.53 Å². The summed E-state index contributed by atoms with van der Waals surface area (Å²) in [5.41, 5.74) is 3.41. The molecule has 5 N–H and O–H groups in total. The molecule has 3 amide bonds. The number of hydrogen-bond acceptors (Lipinski definition) is 11. The van der Waals surface area contributed by atoms with Crippen LogP contribution in [-0.4, -0.2) is 107 Å². The summed E-state index contributed by atoms with van der Waals surface area (Å²) in [7, 11) is 4.71. The fourth-order valence-corrected chi connectivity index (χ4v) is 9.53. The smallest absolute Gasteiger partial charge is 0.407 e. The first kappa shape index (κ1) is 50.4. The molecule has 4 aromatic rings. The quantitative estimate of drug-likeness (QED) is 0.0427. The number of likely N-dealkylation sites (N-methyl/N-ethyl adjacent to an activating group) is 2. The third kappa shape index (κ3) is 15.5. The van der Waals surface area contributed by atoms with Gasteiger partial charge in [-0.3, -0.25) is 14.4 Å². The monoisotopic (exact) mass is 916 g/mol. The highest BCUT2D eigenvalue weighted by molar-refractivity contribution is 7.85. The lowest BCUT2D eigenvalue weighted by atomic mass is 9.83. The lowest BCUT2D eigenvalue weighted by molar-refractivity contribution is -0.129. The zero-order valence-corrected chi connectivity index (χ0v) is 39.3. The lowest BCUT2D eigenvalue weighted by Crippen LogP contribution is -2.48. The molecule has 2 fully saturated rings. The second kappa shape index (κ2) is 27.0. The van der Waals surface area contributed by atoms with Gasteiger partial charge in [-0.2, -0.15) is 0 Å². The average molecular weight is 917 g/mol. The number of alkyl carbamates (subject to hydrolysis) is 1. The summed E-state index contributed by atoms with van der Waals surface area (Å²) in [6.07, 6.45) is 22.7. The molecule has 17 heteroatoms. The number of carbonyl (C=O) groups excluding carboxylic acids is 4. The molecule has 0 bridgehead atoms. The van der Waals surface area contributed by atoms with Gasteiger partial charge in [0.05, 0.1) is 64.6 Å². The summed E-state index contributed by atoms with van der Waals surface area (Å²) in [4.78, 5) is 63.8. The van der Waals surface area contributed by atoms with Crippen molar-refractivity contribution in [2.24, 2.45) is 5.92 Å². The van der Waals surface area contributed by atoms with Gasteiger partial charge in [0.1, 0.15) is 29.7 Å². The van der Waals surface area contributed by atoms with E-state index in [0.29, 0.717) is 53.2 Å². The van der Waals surface area contributed by atoms with Gasteiger partial charge in [0, 0.05) is 44.1 Å². The molecule has 3 heterocycles. The highest BCUT2D eigenvalue weighted by atomic mass is 32.2. The Balaban J connectivity index is 0.000000707. The van der Waals surface area contributed by atoms with E-state index in [1.807, 2.05) is 43.4 Å². The van der Waals surface area contributed by atoms with Gasteiger partial charge in [0.2, 0.25) is 11.8 Å². The minimum atomic E-state index is -1.44. The molecule has 354 valence electrons. The van der Waals surface area contributed by atoms with E-state index in [1.165, 1.54) is 72.0 Å². The maximum Gasteiger partial charge on any atom is 0.407 e. The van der Waals surface area contributed by atoms with Crippen LogP contribution in [0.5, 0.6) is 11.5 Å². The normalized spacial score (nSPS) is 15.8. The molecule has 16 nitrogen and oxygen atoms in total. The van der Waals surface area contributed by atoms with Crippen molar-refractivity contribution in [3.63, 3.8) is 0 Å². The lowest BCUT2D eigenvalue weighted by Gasteiger charge is -2.29. The number of aryl methyl sites for hydroxylation is 2. The number of amides is 3. The van der Waals surface area contributed by atoms with Gasteiger partial charge < -0.3 is 45.0 Å². The van der Waals surface area contributed by atoms with Crippen molar-refractivity contribution in [2.45, 2.75) is 125 Å². The minimum Gasteiger partial charge on any atom is -0.471 e. The van der Waals surface area contributed by atoms with E-state index in [0.717, 1.165) is 79.1 Å². The summed E-state index contributed by atoms with van der Waals surface area (Å²) in [6.45, 7) is 1.47. The summed E-state index contributed by atoms with van der Waals surface area (Å²) in [5.74, 6) is 3.13. The fourth-order valence-electron chi connectivity index (χ4n) is 8.29. The Morgan fingerprint density at radius 2 is 1.40 bits per heavy atom. The zero-order chi connectivity index (χ0) is 46.4. The van der Waals surface area contributed by atoms with Crippen molar-refractivity contribution in [1.82, 2.24) is 40.8 Å². The molecule has 0 radical (unpaired) electrons. The Bertz CT molecular complexity index is 2140. The molecule has 2 aromatic carbocycles. The van der Waals surface area contributed by atoms with Gasteiger partial charge in [-0.25, -0.2) is 19.0 Å². The molecule has 7 rings (SSSR count). The van der Waals surface area contributed by atoms with E-state index in [-0.39, 0.29) is 24.4 Å². The van der Waals surface area contributed by atoms with Crippen LogP contribution < -0.4 is 20.7 Å². The van der Waals surface area contributed by atoms with Crippen molar-refractivity contribution in [3.05, 3.63) is 60.4 Å². The first-order valence-corrected chi connectivity index (χ1v) is 24.2. The van der Waals surface area contributed by atoms with Crippen LogP contribution in [0, 0.1) is 5.92 Å². The Kier molecular flexibility index (Phi) is 21.0. The molecule has 0 saturated heterocycles. The van der Waals surface area contributed by atoms with Crippen LogP contribution in [0.15, 0.2) is 58.6 Å². The molecule has 1 aliphatic heterocycles. The van der Waals surface area contributed by atoms with E-state index in [1.54, 1.807) is 24.3 Å². The van der Waals surface area contributed by atoms with Crippen LogP contribution in [0.1, 0.15) is 108 Å². The summed E-state index contributed by atoms with van der Waals surface area (Å²) >= 11 is 0. The Morgan fingerprint density at radius 1 is 0.815 bits per heavy atom. The number of benzene rings is 2. The van der Waals surface area contributed by atoms with Crippen molar-refractivity contribution >= 4 is 35.2 Å². The topological polar surface area (TPSA) is 210 Å². The first-order chi connectivity index (χ1) is 31.6. The number of nitrogens with one attached hydrogen (secondary N) is 5. The Hall–Kier alpha value is -5.55. The molecule has 2 saturated carbocycles. The number of aromatic nitrogens is 4. The molecular formula is C48H68N8O8S. The van der Waals surface area contributed by atoms with Crippen molar-refractivity contribution in [3.8, 4) is 34.0 Å². The van der Waals surface area contributed by atoms with E-state index >= 15 is 0 Å². The third-order valence-electron chi connectivity index (χ3n) is 12.0. The maximum atomic E-state index is 13.8. The van der Waals surface area contributed by atoms with Gasteiger partial charge >= 0.3 is 6.09 Å². The van der Waals surface area contributed by atoms with Crippen LogP contribution in [0.2, 0.25) is 0 Å². The number of ether oxygens (including phenoxy) is 3. The summed E-state index contributed by atoms with van der Waals surface area (Å²) in [5, 5.41) is 8.76. The predicted octanol–water partition coefficient (Wildman–Crippen LogP) is 7.61. The predicted molar refractivity (Wildman–Crippen MR) is 250 cm³/mol. The average Bonchev–Trinajstić information content (AvgIpc) is 4.04. The number of H-pyrrole nitrogens is 2. The second-order valence-corrected chi connectivity index (χ2v) is 18.1. The first-order valence-electron chi connectivity index (χ1n) is 23.1. The number of unbranched alkanes of at least 4 members (excludes halogenated alkanes) is 2. The molecule has 2 aromatic heterocycles. The molecule has 65 heavy (non-hydrogen) atoms. The van der Waals surface area contributed by atoms with Crippen LogP contribution in [-0.2, 0) is 47.5 Å². The summed E-state index contributed by atoms with van der Waals surface area (Å²) < 4.78 is 28.4. The van der Waals surface area contributed by atoms with E-state index in [9.17, 15) is 18.6 Å². The SMILES string of the molecule is C1CCCCC1.CN[C@H](C(=O)NCCCCc1ncc(-c2ccc3c(c2)S(=O)c2ccc(-c4cnc(CCCCN(C)C(=O)CNC(=O)OC)[nH]4)cc2O3)[nH]1)C1CCCCC1.COC=O. The largest absolute Gasteiger partial charge is 0.471 e. The fraction of sp³-hybridized carbons (Fsp3) is 0.542. The van der Waals surface area contributed by atoms with Crippen molar-refractivity contribution in [2.75, 3.05) is 47.9 Å². The highest BCUT2D eigenvalue weighted by Crippen LogP contribution is 2.43. The number of methoxy groups -OCH3 is 2. The maximum absolute atomic E-state index is 13.8. The van der Waals surface area contributed by atoms with Gasteiger partial charge in [-0.15, -0.1) is 0 Å². The summed E-state index contributed by atoms with van der Waals surface area (Å²) in [6, 6.07) is 11.2. The highest BCUT2D eigenvalue weighted by Gasteiger charge is 2.28. The number of fused-ring (bicyclic) bond motifs is 2. The molecule has 3 aliphatic rings. The van der Waals surface area contributed by atoms with E-state index in [2.05, 4.69) is 45.4 Å². The number of carbonyl (C=O) groups is 4.